The van der Waals surface area contributed by atoms with Crippen molar-refractivity contribution in [2.24, 2.45) is 0 Å². The van der Waals surface area contributed by atoms with Gasteiger partial charge >= 0.3 is 178 Å². The molecule has 6 heteroatoms. The van der Waals surface area contributed by atoms with Crippen LogP contribution in [0, 0.1) is 0 Å². The van der Waals surface area contributed by atoms with Crippen molar-refractivity contribution in [3.63, 3.8) is 0 Å². The summed E-state index contributed by atoms with van der Waals surface area (Å²) in [5.74, 6) is -0.833. The van der Waals surface area contributed by atoms with Gasteiger partial charge in [0.25, 0.3) is 0 Å². The summed E-state index contributed by atoms with van der Waals surface area (Å²) in [5, 5.41) is 0.942. The summed E-state index contributed by atoms with van der Waals surface area (Å²) in [4.78, 5) is 15.1. The molecule has 2 aliphatic heterocycles. The molecule has 0 bridgehead atoms. The van der Waals surface area contributed by atoms with Crippen molar-refractivity contribution in [3.8, 4) is 0 Å². The van der Waals surface area contributed by atoms with Crippen molar-refractivity contribution in [1.82, 2.24) is 4.90 Å². The minimum absolute atomic E-state index is 0.0440. The van der Waals surface area contributed by atoms with Gasteiger partial charge in [0.1, 0.15) is 0 Å². The summed E-state index contributed by atoms with van der Waals surface area (Å²) < 4.78 is 19.0. The number of ether oxygens (including phenoxy) is 3. The molecular formula is C23H27NO4Se. The SMILES string of the molecule is COC(=O)[C@H](c1ccccc1)N1C[C@@H]2OC(C)(C)O[C@@H]2[C@H]1C[Se]c1ccccc1. The second-order valence-electron chi connectivity index (χ2n) is 7.86. The van der Waals surface area contributed by atoms with Crippen molar-refractivity contribution in [3.05, 3.63) is 66.2 Å². The monoisotopic (exact) mass is 461 g/mol. The zero-order chi connectivity index (χ0) is 20.4. The van der Waals surface area contributed by atoms with E-state index < -0.39 is 11.8 Å². The first kappa shape index (κ1) is 20.6. The van der Waals surface area contributed by atoms with E-state index in [1.54, 1.807) is 0 Å². The topological polar surface area (TPSA) is 48.0 Å². The molecule has 2 aromatic carbocycles. The average Bonchev–Trinajstić information content (AvgIpc) is 3.19. The van der Waals surface area contributed by atoms with E-state index in [0.29, 0.717) is 6.54 Å². The number of benzene rings is 2. The van der Waals surface area contributed by atoms with Crippen LogP contribution in [0.2, 0.25) is 5.32 Å². The van der Waals surface area contributed by atoms with Gasteiger partial charge in [-0.05, 0) is 0 Å². The van der Waals surface area contributed by atoms with Crippen LogP contribution in [0.15, 0.2) is 60.7 Å². The number of fused-ring (bicyclic) bond motifs is 1. The molecule has 0 saturated carbocycles. The van der Waals surface area contributed by atoms with Crippen molar-refractivity contribution in [2.45, 2.75) is 49.2 Å². The van der Waals surface area contributed by atoms with Gasteiger partial charge in [-0.3, -0.25) is 0 Å². The number of methoxy groups -OCH3 is 1. The van der Waals surface area contributed by atoms with Crippen LogP contribution in [0.4, 0.5) is 0 Å². The normalized spacial score (nSPS) is 26.8. The number of likely N-dealkylation sites (tertiary alicyclic amines) is 1. The number of rotatable bonds is 6. The Hall–Kier alpha value is -1.69. The zero-order valence-electron chi connectivity index (χ0n) is 17.0. The van der Waals surface area contributed by atoms with Crippen molar-refractivity contribution in [1.29, 1.82) is 0 Å². The zero-order valence-corrected chi connectivity index (χ0v) is 18.7. The maximum absolute atomic E-state index is 12.8. The van der Waals surface area contributed by atoms with Gasteiger partial charge in [0, 0.05) is 0 Å². The van der Waals surface area contributed by atoms with Crippen molar-refractivity contribution < 1.29 is 19.0 Å². The molecule has 0 aliphatic carbocycles. The van der Waals surface area contributed by atoms with Gasteiger partial charge in [-0.1, -0.05) is 0 Å². The van der Waals surface area contributed by atoms with E-state index in [2.05, 4.69) is 29.2 Å². The number of esters is 1. The van der Waals surface area contributed by atoms with Crippen LogP contribution in [0.25, 0.3) is 0 Å². The van der Waals surface area contributed by atoms with Crippen LogP contribution in [0.3, 0.4) is 0 Å². The van der Waals surface area contributed by atoms with Crippen molar-refractivity contribution >= 4 is 25.4 Å². The predicted octanol–water partition coefficient (Wildman–Crippen LogP) is 2.55. The Balaban J connectivity index is 1.63. The summed E-state index contributed by atoms with van der Waals surface area (Å²) in [6.45, 7) is 4.58. The molecule has 5 nitrogen and oxygen atoms in total. The minimum atomic E-state index is -0.590. The number of hydrogen-bond donors (Lipinski definition) is 0. The van der Waals surface area contributed by atoms with E-state index in [9.17, 15) is 4.79 Å². The molecule has 4 atom stereocenters. The first-order valence-corrected chi connectivity index (χ1v) is 12.0. The van der Waals surface area contributed by atoms with Gasteiger partial charge in [0.15, 0.2) is 0 Å². The van der Waals surface area contributed by atoms with E-state index in [4.69, 9.17) is 14.2 Å². The summed E-state index contributed by atoms with van der Waals surface area (Å²) in [6, 6.07) is 20.0. The van der Waals surface area contributed by atoms with E-state index >= 15 is 0 Å². The van der Waals surface area contributed by atoms with E-state index in [1.165, 1.54) is 11.6 Å². The number of carbonyl (C=O) groups is 1. The maximum atomic E-state index is 12.8. The molecule has 2 aromatic rings. The second kappa shape index (κ2) is 8.58. The Kier molecular flexibility index (Phi) is 6.09. The van der Waals surface area contributed by atoms with Gasteiger partial charge in [-0.2, -0.15) is 0 Å². The molecular weight excluding hydrogens is 433 g/mol. The molecule has 0 spiro atoms. The fourth-order valence-corrected chi connectivity index (χ4v) is 6.55. The first-order chi connectivity index (χ1) is 14.0. The molecule has 29 heavy (non-hydrogen) atoms. The molecule has 2 heterocycles. The first-order valence-electron chi connectivity index (χ1n) is 9.90. The third-order valence-electron chi connectivity index (χ3n) is 5.45. The quantitative estimate of drug-likeness (QED) is 0.490. The number of nitrogens with zero attached hydrogens (tertiary/aromatic N) is 1. The Morgan fingerprint density at radius 2 is 1.79 bits per heavy atom. The van der Waals surface area contributed by atoms with E-state index in [0.717, 1.165) is 10.9 Å². The number of carbonyl (C=O) groups excluding carboxylic acids is 1. The van der Waals surface area contributed by atoms with Crippen LogP contribution in [0.5, 0.6) is 0 Å². The third-order valence-corrected chi connectivity index (χ3v) is 7.79. The molecule has 0 N–H and O–H groups in total. The van der Waals surface area contributed by atoms with Gasteiger partial charge in [0.2, 0.25) is 0 Å². The molecule has 4 rings (SSSR count). The summed E-state index contributed by atoms with van der Waals surface area (Å²) in [5.41, 5.74) is 0.941. The Labute approximate surface area is 178 Å². The van der Waals surface area contributed by atoms with Gasteiger partial charge in [-0.15, -0.1) is 0 Å². The third kappa shape index (κ3) is 4.42. The fourth-order valence-electron chi connectivity index (χ4n) is 4.26. The van der Waals surface area contributed by atoms with E-state index in [1.807, 2.05) is 50.2 Å². The molecule has 0 amide bonds. The average molecular weight is 460 g/mol. The van der Waals surface area contributed by atoms with E-state index in [-0.39, 0.29) is 39.2 Å². The summed E-state index contributed by atoms with van der Waals surface area (Å²) in [6.07, 6.45) is -0.0936. The molecule has 0 radical (unpaired) electrons. The standard InChI is InChI=1S/C23H27NO4Se/c1-23(2)27-19-14-24(20(22(25)26-3)16-10-6-4-7-11-16)18(21(19)28-23)15-29-17-12-8-5-9-13-17/h4-13,18-21H,14-15H2,1-3H3/t18-,19+,20+,21-/m1/s1. The molecule has 2 aliphatic rings. The fraction of sp³-hybridized carbons (Fsp3) is 0.435. The van der Waals surface area contributed by atoms with Crippen LogP contribution in [0.1, 0.15) is 25.5 Å². The molecule has 0 aromatic heterocycles. The van der Waals surface area contributed by atoms with Crippen LogP contribution >= 0.6 is 0 Å². The van der Waals surface area contributed by atoms with Crippen LogP contribution < -0.4 is 4.46 Å². The molecule has 154 valence electrons. The van der Waals surface area contributed by atoms with Gasteiger partial charge in [-0.25, -0.2) is 0 Å². The Morgan fingerprint density at radius 1 is 1.14 bits per heavy atom. The molecule has 0 unspecified atom stereocenters. The number of hydrogen-bond acceptors (Lipinski definition) is 5. The van der Waals surface area contributed by atoms with Crippen LogP contribution in [-0.4, -0.2) is 63.5 Å². The second-order valence-corrected chi connectivity index (χ2v) is 10.2. The van der Waals surface area contributed by atoms with Crippen molar-refractivity contribution in [2.75, 3.05) is 13.7 Å². The summed E-state index contributed by atoms with van der Waals surface area (Å²) >= 11 is 0.270. The molecule has 2 saturated heterocycles. The Morgan fingerprint density at radius 3 is 2.45 bits per heavy atom. The summed E-state index contributed by atoms with van der Waals surface area (Å²) in [7, 11) is 1.45. The Bertz CT molecular complexity index is 829. The van der Waals surface area contributed by atoms with Crippen LogP contribution in [-0.2, 0) is 19.0 Å². The van der Waals surface area contributed by atoms with Gasteiger partial charge < -0.3 is 0 Å². The predicted molar refractivity (Wildman–Crippen MR) is 112 cm³/mol. The van der Waals surface area contributed by atoms with Gasteiger partial charge in [0.05, 0.1) is 0 Å². The molecule has 2 fully saturated rings.